The zero-order chi connectivity index (χ0) is 20.5. The Hall–Kier alpha value is -3.25. The number of hydrogen-bond acceptors (Lipinski definition) is 8. The van der Waals surface area contributed by atoms with Crippen LogP contribution in [-0.2, 0) is 9.59 Å². The lowest BCUT2D eigenvalue weighted by Crippen LogP contribution is -2.28. The molecule has 0 saturated carbocycles. The molecule has 2 rings (SSSR count). The summed E-state index contributed by atoms with van der Waals surface area (Å²) in [5.74, 6) is -2.48. The molecule has 0 aliphatic carbocycles. The number of halogens is 2. The van der Waals surface area contributed by atoms with Crippen LogP contribution in [0.4, 0.5) is 10.1 Å². The maximum Gasteiger partial charge on any atom is 0.303 e. The standard InChI is InChI=1S/C15H15ClFN5O6/c16-9-7-8(1-2-10(9)17)19-14(20-26)13-15(22-28-21-13)27-6-5-18-11(23)3-4-12(24)25/h1-2,7,26H,3-6H2,(H,18,23)(H,19,20)(H,24,25). The van der Waals surface area contributed by atoms with Gasteiger partial charge in [0, 0.05) is 6.42 Å². The number of rotatable bonds is 9. The molecule has 150 valence electrons. The van der Waals surface area contributed by atoms with Crippen molar-refractivity contribution in [3.05, 3.63) is 34.7 Å². The molecule has 1 amide bonds. The number of carbonyl (C=O) groups excluding carboxylic acids is 1. The first-order valence-electron chi connectivity index (χ1n) is 7.78. The number of hydroxylamine groups is 1. The van der Waals surface area contributed by atoms with Crippen molar-refractivity contribution in [2.45, 2.75) is 12.8 Å². The van der Waals surface area contributed by atoms with Crippen LogP contribution < -0.4 is 15.5 Å². The number of amidine groups is 1. The summed E-state index contributed by atoms with van der Waals surface area (Å²) in [4.78, 5) is 25.8. The van der Waals surface area contributed by atoms with E-state index in [0.717, 1.165) is 6.07 Å². The van der Waals surface area contributed by atoms with Crippen LogP contribution in [-0.4, -0.2) is 51.5 Å². The van der Waals surface area contributed by atoms with E-state index in [9.17, 15) is 19.2 Å². The van der Waals surface area contributed by atoms with Crippen LogP contribution in [0.5, 0.6) is 5.88 Å². The molecule has 1 aromatic heterocycles. The fraction of sp³-hybridized carbons (Fsp3) is 0.267. The van der Waals surface area contributed by atoms with Crippen LogP contribution in [0.15, 0.2) is 27.8 Å². The summed E-state index contributed by atoms with van der Waals surface area (Å²) in [5, 5.41) is 27.2. The Bertz CT molecular complexity index is 874. The highest BCUT2D eigenvalue weighted by Gasteiger charge is 2.18. The summed E-state index contributed by atoms with van der Waals surface area (Å²) in [6.07, 6.45) is -0.434. The van der Waals surface area contributed by atoms with E-state index in [0.29, 0.717) is 0 Å². The van der Waals surface area contributed by atoms with Crippen molar-refractivity contribution in [1.29, 1.82) is 0 Å². The summed E-state index contributed by atoms with van der Waals surface area (Å²) >= 11 is 5.68. The number of aliphatic imine (C=N–C) groups is 1. The minimum Gasteiger partial charge on any atom is -0.481 e. The predicted octanol–water partition coefficient (Wildman–Crippen LogP) is 1.28. The molecule has 2 aromatic rings. The fourth-order valence-electron chi connectivity index (χ4n) is 1.88. The van der Waals surface area contributed by atoms with E-state index in [-0.39, 0.29) is 54.1 Å². The van der Waals surface area contributed by atoms with Gasteiger partial charge in [-0.05, 0) is 28.5 Å². The average molecular weight is 416 g/mol. The van der Waals surface area contributed by atoms with Crippen molar-refractivity contribution in [3.8, 4) is 5.88 Å². The first-order chi connectivity index (χ1) is 13.4. The van der Waals surface area contributed by atoms with Gasteiger partial charge in [0.05, 0.1) is 23.7 Å². The number of hydrogen-bond donors (Lipinski definition) is 4. The number of nitrogens with zero attached hydrogens (tertiary/aromatic N) is 3. The highest BCUT2D eigenvalue weighted by Crippen LogP contribution is 2.23. The molecular weight excluding hydrogens is 401 g/mol. The Labute approximate surface area is 162 Å². The van der Waals surface area contributed by atoms with Crippen LogP contribution in [0.25, 0.3) is 0 Å². The third kappa shape index (κ3) is 6.17. The van der Waals surface area contributed by atoms with E-state index in [1.54, 1.807) is 0 Å². The Balaban J connectivity index is 1.97. The van der Waals surface area contributed by atoms with Gasteiger partial charge in [-0.2, -0.15) is 0 Å². The number of benzene rings is 1. The number of aliphatic carboxylic acids is 1. The van der Waals surface area contributed by atoms with Crippen molar-refractivity contribution >= 4 is 35.0 Å². The maximum atomic E-state index is 13.2. The van der Waals surface area contributed by atoms with Gasteiger partial charge in [-0.1, -0.05) is 11.6 Å². The lowest BCUT2D eigenvalue weighted by atomic mass is 10.3. The molecule has 0 fully saturated rings. The quantitative estimate of drug-likeness (QED) is 0.205. The topological polar surface area (TPSA) is 159 Å². The van der Waals surface area contributed by atoms with Gasteiger partial charge in [0.1, 0.15) is 12.4 Å². The number of amides is 1. The smallest absolute Gasteiger partial charge is 0.303 e. The van der Waals surface area contributed by atoms with E-state index < -0.39 is 17.7 Å². The van der Waals surface area contributed by atoms with Crippen LogP contribution in [0.3, 0.4) is 0 Å². The number of carboxylic acids is 1. The van der Waals surface area contributed by atoms with Gasteiger partial charge in [0.25, 0.3) is 5.88 Å². The molecule has 0 unspecified atom stereocenters. The molecule has 0 bridgehead atoms. The summed E-state index contributed by atoms with van der Waals surface area (Å²) in [6, 6.07) is 3.65. The molecule has 13 heteroatoms. The van der Waals surface area contributed by atoms with Gasteiger partial charge in [0.15, 0.2) is 5.84 Å². The minimum atomic E-state index is -1.07. The molecule has 1 aromatic carbocycles. The highest BCUT2D eigenvalue weighted by molar-refractivity contribution is 6.31. The summed E-state index contributed by atoms with van der Waals surface area (Å²) in [6.45, 7) is 0.0263. The minimum absolute atomic E-state index is 0.0406. The molecule has 0 atom stereocenters. The Morgan fingerprint density at radius 3 is 2.79 bits per heavy atom. The van der Waals surface area contributed by atoms with Crippen molar-refractivity contribution in [2.24, 2.45) is 4.99 Å². The fourth-order valence-corrected chi connectivity index (χ4v) is 2.06. The molecule has 28 heavy (non-hydrogen) atoms. The van der Waals surface area contributed by atoms with E-state index in [2.05, 4.69) is 25.3 Å². The van der Waals surface area contributed by atoms with E-state index in [1.807, 2.05) is 5.48 Å². The molecule has 0 radical (unpaired) electrons. The van der Waals surface area contributed by atoms with Crippen LogP contribution in [0.1, 0.15) is 18.5 Å². The molecule has 4 N–H and O–H groups in total. The number of carboxylic acid groups (broad SMARTS) is 1. The molecule has 0 saturated heterocycles. The van der Waals surface area contributed by atoms with Crippen LogP contribution in [0, 0.1) is 5.82 Å². The van der Waals surface area contributed by atoms with Gasteiger partial charge < -0.3 is 15.2 Å². The molecular formula is C15H15ClFN5O6. The van der Waals surface area contributed by atoms with Crippen molar-refractivity contribution in [2.75, 3.05) is 13.2 Å². The molecule has 1 heterocycles. The zero-order valence-corrected chi connectivity index (χ0v) is 14.9. The molecule has 0 aliphatic rings. The molecule has 0 spiro atoms. The third-order valence-corrected chi connectivity index (χ3v) is 3.45. The predicted molar refractivity (Wildman–Crippen MR) is 92.2 cm³/mol. The van der Waals surface area contributed by atoms with Crippen molar-refractivity contribution < 1.29 is 33.7 Å². The number of carbonyl (C=O) groups is 2. The maximum absolute atomic E-state index is 13.2. The van der Waals surface area contributed by atoms with Crippen molar-refractivity contribution in [1.82, 2.24) is 21.1 Å². The Kier molecular flexibility index (Phi) is 7.65. The lowest BCUT2D eigenvalue weighted by Gasteiger charge is -2.06. The van der Waals surface area contributed by atoms with E-state index in [4.69, 9.17) is 21.4 Å². The largest absolute Gasteiger partial charge is 0.481 e. The molecule has 11 nitrogen and oxygen atoms in total. The van der Waals surface area contributed by atoms with Crippen LogP contribution >= 0.6 is 11.6 Å². The number of nitrogens with one attached hydrogen (secondary N) is 2. The van der Waals surface area contributed by atoms with Gasteiger partial charge in [-0.15, -0.1) is 0 Å². The van der Waals surface area contributed by atoms with Gasteiger partial charge in [0.2, 0.25) is 11.6 Å². The van der Waals surface area contributed by atoms with Crippen LogP contribution in [0.2, 0.25) is 5.02 Å². The summed E-state index contributed by atoms with van der Waals surface area (Å²) < 4.78 is 23.1. The Morgan fingerprint density at radius 1 is 1.32 bits per heavy atom. The van der Waals surface area contributed by atoms with Gasteiger partial charge in [-0.25, -0.2) is 14.0 Å². The monoisotopic (exact) mass is 415 g/mol. The van der Waals surface area contributed by atoms with E-state index >= 15 is 0 Å². The van der Waals surface area contributed by atoms with Gasteiger partial charge in [-0.3, -0.25) is 20.3 Å². The number of aromatic nitrogens is 2. The molecule has 0 aliphatic heterocycles. The van der Waals surface area contributed by atoms with E-state index in [1.165, 1.54) is 12.1 Å². The SMILES string of the molecule is O=C(O)CCC(=O)NCCOc1nonc1C(=Nc1ccc(F)c(Cl)c1)NO. The van der Waals surface area contributed by atoms with Crippen molar-refractivity contribution in [3.63, 3.8) is 0 Å². The highest BCUT2D eigenvalue weighted by atomic mass is 35.5. The second-order valence-corrected chi connectivity index (χ2v) is 5.59. The number of ether oxygens (including phenoxy) is 1. The second-order valence-electron chi connectivity index (χ2n) is 5.18. The zero-order valence-electron chi connectivity index (χ0n) is 14.2. The lowest BCUT2D eigenvalue weighted by molar-refractivity contribution is -0.138. The first-order valence-corrected chi connectivity index (χ1v) is 8.16. The Morgan fingerprint density at radius 2 is 2.11 bits per heavy atom. The van der Waals surface area contributed by atoms with Gasteiger partial charge >= 0.3 is 5.97 Å². The third-order valence-electron chi connectivity index (χ3n) is 3.16. The average Bonchev–Trinajstić information content (AvgIpc) is 3.12. The normalized spacial score (nSPS) is 11.2. The first kappa shape index (κ1) is 21.1. The summed E-state index contributed by atoms with van der Waals surface area (Å²) in [5.41, 5.74) is 1.94. The second kappa shape index (κ2) is 10.2. The summed E-state index contributed by atoms with van der Waals surface area (Å²) in [7, 11) is 0.